The molecule has 0 spiro atoms. The van der Waals surface area contributed by atoms with Crippen molar-refractivity contribution in [2.24, 2.45) is 5.10 Å². The zero-order valence-electron chi connectivity index (χ0n) is 15.9. The molecule has 1 aliphatic rings. The predicted molar refractivity (Wildman–Crippen MR) is 107 cm³/mol. The molecule has 2 aromatic rings. The maximum Gasteiger partial charge on any atom is 0.273 e. The van der Waals surface area contributed by atoms with Gasteiger partial charge >= 0.3 is 0 Å². The highest BCUT2D eigenvalue weighted by atomic mass is 32.2. The molecule has 0 aliphatic carbocycles. The molecule has 1 amide bonds. The Labute approximate surface area is 172 Å². The molecule has 0 bridgehead atoms. The molecule has 2 atom stereocenters. The van der Waals surface area contributed by atoms with Gasteiger partial charge in [0, 0.05) is 19.1 Å². The normalized spacial score (nSPS) is 19.6. The van der Waals surface area contributed by atoms with E-state index in [1.54, 1.807) is 6.92 Å². The van der Waals surface area contributed by atoms with Gasteiger partial charge in [-0.05, 0) is 37.1 Å². The summed E-state index contributed by atoms with van der Waals surface area (Å²) in [7, 11) is 1.40. The fourth-order valence-corrected chi connectivity index (χ4v) is 4.46. The van der Waals surface area contributed by atoms with Crippen molar-refractivity contribution in [2.75, 3.05) is 7.11 Å². The van der Waals surface area contributed by atoms with E-state index in [4.69, 9.17) is 4.74 Å². The molecule has 1 unspecified atom stereocenters. The second kappa shape index (κ2) is 8.72. The van der Waals surface area contributed by atoms with Crippen LogP contribution in [-0.2, 0) is 14.4 Å². The van der Waals surface area contributed by atoms with Crippen LogP contribution < -0.4 is 0 Å². The molecule has 0 aromatic heterocycles. The Bertz CT molecular complexity index is 978. The number of nitrogens with zero attached hydrogens (tertiary/aromatic N) is 3. The summed E-state index contributed by atoms with van der Waals surface area (Å²) in [5, 5.41) is 15.0. The molecule has 29 heavy (non-hydrogen) atoms. The van der Waals surface area contributed by atoms with E-state index >= 15 is 0 Å². The van der Waals surface area contributed by atoms with E-state index in [2.05, 4.69) is 11.2 Å². The van der Waals surface area contributed by atoms with Crippen molar-refractivity contribution in [1.82, 2.24) is 5.01 Å². The number of hydrogen-bond acceptors (Lipinski definition) is 5. The molecule has 2 aromatic carbocycles. The van der Waals surface area contributed by atoms with Gasteiger partial charge in [0.1, 0.15) is 27.7 Å². The zero-order chi connectivity index (χ0) is 21.0. The lowest BCUT2D eigenvalue weighted by Crippen LogP contribution is -2.45. The fourth-order valence-electron chi connectivity index (χ4n) is 3.07. The Hall–Kier alpha value is -2.76. The van der Waals surface area contributed by atoms with Crippen molar-refractivity contribution >= 4 is 22.7 Å². The van der Waals surface area contributed by atoms with Crippen LogP contribution >= 0.6 is 11.8 Å². The van der Waals surface area contributed by atoms with Crippen LogP contribution in [0.15, 0.2) is 53.6 Å². The highest BCUT2D eigenvalue weighted by molar-refractivity contribution is 8.15. The summed E-state index contributed by atoms with van der Waals surface area (Å²) in [6.45, 7) is 1.59. The van der Waals surface area contributed by atoms with Crippen molar-refractivity contribution in [3.8, 4) is 6.07 Å². The van der Waals surface area contributed by atoms with Gasteiger partial charge < -0.3 is 4.74 Å². The van der Waals surface area contributed by atoms with Gasteiger partial charge in [-0.15, -0.1) is 0 Å². The number of benzene rings is 2. The minimum Gasteiger partial charge on any atom is -0.372 e. The number of hydrogen-bond donors (Lipinski definition) is 0. The SMILES string of the molecule is CO[C@@H](C)C(=O)N1N=C(c2cc(F)ccc2F)SC1(CCC#N)c1ccccc1. The van der Waals surface area contributed by atoms with E-state index in [0.29, 0.717) is 0 Å². The number of ether oxygens (including phenoxy) is 1. The third kappa shape index (κ3) is 4.02. The Kier molecular flexibility index (Phi) is 6.30. The highest BCUT2D eigenvalue weighted by Crippen LogP contribution is 2.50. The van der Waals surface area contributed by atoms with Gasteiger partial charge in [-0.2, -0.15) is 10.4 Å². The monoisotopic (exact) mass is 415 g/mol. The predicted octanol–water partition coefficient (Wildman–Crippen LogP) is 4.39. The Morgan fingerprint density at radius 1 is 1.31 bits per heavy atom. The molecule has 8 heteroatoms. The number of carbonyl (C=O) groups excluding carboxylic acids is 1. The van der Waals surface area contributed by atoms with E-state index < -0.39 is 28.5 Å². The fraction of sp³-hybridized carbons (Fsp3) is 0.286. The molecule has 0 N–H and O–H groups in total. The topological polar surface area (TPSA) is 65.7 Å². The number of methoxy groups -OCH3 is 1. The van der Waals surface area contributed by atoms with Crippen LogP contribution in [0.4, 0.5) is 8.78 Å². The second-order valence-electron chi connectivity index (χ2n) is 6.47. The lowest BCUT2D eigenvalue weighted by Gasteiger charge is -2.36. The van der Waals surface area contributed by atoms with Gasteiger partial charge in [0.15, 0.2) is 0 Å². The average molecular weight is 415 g/mol. The number of amides is 1. The molecule has 150 valence electrons. The molecule has 0 radical (unpaired) electrons. The summed E-state index contributed by atoms with van der Waals surface area (Å²) < 4.78 is 33.4. The summed E-state index contributed by atoms with van der Waals surface area (Å²) >= 11 is 1.13. The molecule has 0 fully saturated rings. The Balaban J connectivity index is 2.17. The smallest absolute Gasteiger partial charge is 0.273 e. The van der Waals surface area contributed by atoms with Crippen LogP contribution in [0.2, 0.25) is 0 Å². The summed E-state index contributed by atoms with van der Waals surface area (Å²) in [6, 6.07) is 14.3. The maximum atomic E-state index is 14.4. The standard InChI is InChI=1S/C21H19F2N3O2S/c1-14(28-2)20(27)26-21(11-6-12-24,15-7-4-3-5-8-15)29-19(25-26)17-13-16(22)9-10-18(17)23/h3-5,7-10,13-14H,6,11H2,1-2H3/t14-,21?/m0/s1. The van der Waals surface area contributed by atoms with Crippen LogP contribution in [0.1, 0.15) is 30.9 Å². The van der Waals surface area contributed by atoms with E-state index in [9.17, 15) is 18.8 Å². The van der Waals surface area contributed by atoms with Gasteiger partial charge in [0.2, 0.25) is 0 Å². The molecular formula is C21H19F2N3O2S. The summed E-state index contributed by atoms with van der Waals surface area (Å²) in [6.07, 6.45) is -0.410. The first kappa shape index (κ1) is 21.0. The zero-order valence-corrected chi connectivity index (χ0v) is 16.7. The summed E-state index contributed by atoms with van der Waals surface area (Å²) in [5.41, 5.74) is 0.695. The second-order valence-corrected chi connectivity index (χ2v) is 7.73. The lowest BCUT2D eigenvalue weighted by molar-refractivity contribution is -0.144. The van der Waals surface area contributed by atoms with Crippen molar-refractivity contribution in [2.45, 2.75) is 30.7 Å². The first-order valence-corrected chi connectivity index (χ1v) is 9.77. The number of rotatable bonds is 6. The van der Waals surface area contributed by atoms with Gasteiger partial charge in [-0.1, -0.05) is 42.1 Å². The Morgan fingerprint density at radius 3 is 2.69 bits per heavy atom. The molecule has 0 saturated carbocycles. The van der Waals surface area contributed by atoms with Crippen LogP contribution in [0, 0.1) is 23.0 Å². The van der Waals surface area contributed by atoms with Gasteiger partial charge in [-0.25, -0.2) is 13.8 Å². The minimum atomic E-state index is -1.07. The van der Waals surface area contributed by atoms with Crippen LogP contribution in [0.3, 0.4) is 0 Å². The van der Waals surface area contributed by atoms with E-state index in [1.807, 2.05) is 30.3 Å². The Morgan fingerprint density at radius 2 is 2.03 bits per heavy atom. The largest absolute Gasteiger partial charge is 0.372 e. The third-order valence-electron chi connectivity index (χ3n) is 4.67. The molecule has 1 heterocycles. The summed E-state index contributed by atoms with van der Waals surface area (Å²) in [4.78, 5) is 12.0. The number of thioether (sulfide) groups is 1. The van der Waals surface area contributed by atoms with Crippen molar-refractivity contribution in [3.63, 3.8) is 0 Å². The quantitative estimate of drug-likeness (QED) is 0.702. The number of nitriles is 1. The molecular weight excluding hydrogens is 396 g/mol. The van der Waals surface area contributed by atoms with Gasteiger partial charge in [0.05, 0.1) is 6.07 Å². The van der Waals surface area contributed by atoms with E-state index in [1.165, 1.54) is 12.1 Å². The number of carbonyl (C=O) groups is 1. The number of halogens is 2. The summed E-state index contributed by atoms with van der Waals surface area (Å²) in [5.74, 6) is -1.69. The molecule has 3 rings (SSSR count). The van der Waals surface area contributed by atoms with Crippen molar-refractivity contribution in [3.05, 3.63) is 71.3 Å². The van der Waals surface area contributed by atoms with Gasteiger partial charge in [0.25, 0.3) is 5.91 Å². The molecule has 1 aliphatic heterocycles. The number of hydrazone groups is 1. The van der Waals surface area contributed by atoms with Crippen molar-refractivity contribution < 1.29 is 18.3 Å². The third-order valence-corrected chi connectivity index (χ3v) is 6.11. The maximum absolute atomic E-state index is 14.4. The average Bonchev–Trinajstić information content (AvgIpc) is 3.14. The molecule has 5 nitrogen and oxygen atoms in total. The lowest BCUT2D eigenvalue weighted by atomic mass is 10.00. The highest BCUT2D eigenvalue weighted by Gasteiger charge is 2.49. The molecule has 0 saturated heterocycles. The first-order chi connectivity index (χ1) is 13.9. The van der Waals surface area contributed by atoms with E-state index in [0.717, 1.165) is 35.5 Å². The van der Waals surface area contributed by atoms with E-state index in [-0.39, 0.29) is 23.4 Å². The minimum absolute atomic E-state index is 0.0346. The van der Waals surface area contributed by atoms with Gasteiger partial charge in [-0.3, -0.25) is 4.79 Å². The first-order valence-electron chi connectivity index (χ1n) is 8.95. The van der Waals surface area contributed by atoms with Crippen LogP contribution in [-0.4, -0.2) is 29.2 Å². The van der Waals surface area contributed by atoms with Crippen LogP contribution in [0.5, 0.6) is 0 Å². The van der Waals surface area contributed by atoms with Crippen molar-refractivity contribution in [1.29, 1.82) is 5.26 Å². The van der Waals surface area contributed by atoms with Crippen LogP contribution in [0.25, 0.3) is 0 Å².